The van der Waals surface area contributed by atoms with Crippen molar-refractivity contribution >= 4 is 17.7 Å². The van der Waals surface area contributed by atoms with Gasteiger partial charge in [-0.05, 0) is 75.3 Å². The zero-order chi connectivity index (χ0) is 25.3. The van der Waals surface area contributed by atoms with E-state index >= 15 is 0 Å². The standard InChI is InChI=1S/C27H34FNO5S/c1-15-5-10-20(21-22-23(26(31)32)25(22)34-24(15)21)16(2)33-14-18(30)13-29-27(3,4)11-12-35-19-8-6-17(28)7-9-19/h5-10,16,18,22-23,25,29-30H,11-14H2,1-4H3,(H,31,32)/t16-,18?,22+,23+,25+/m1/s1. The number of β-amino-alcohol motifs (C(OH)–C–C–N with tert-alkyl or cyclic N) is 1. The molecule has 8 heteroatoms. The van der Waals surface area contributed by atoms with Gasteiger partial charge in [0, 0.05) is 28.5 Å². The minimum atomic E-state index is -0.827. The molecule has 1 heterocycles. The van der Waals surface area contributed by atoms with Crippen molar-refractivity contribution in [3.63, 3.8) is 0 Å². The molecule has 0 bridgehead atoms. The van der Waals surface area contributed by atoms with Crippen LogP contribution in [-0.2, 0) is 9.53 Å². The molecular formula is C27H34FNO5S. The summed E-state index contributed by atoms with van der Waals surface area (Å²) in [6, 6.07) is 10.4. The molecule has 0 amide bonds. The molecule has 2 aromatic rings. The molecule has 4 rings (SSSR count). The van der Waals surface area contributed by atoms with Crippen molar-refractivity contribution < 1.29 is 28.9 Å². The molecular weight excluding hydrogens is 469 g/mol. The molecule has 0 spiro atoms. The molecule has 0 radical (unpaired) electrons. The highest BCUT2D eigenvalue weighted by Crippen LogP contribution is 2.61. The number of rotatable bonds is 12. The number of aryl methyl sites for hydroxylation is 1. The van der Waals surface area contributed by atoms with Crippen LogP contribution < -0.4 is 10.1 Å². The summed E-state index contributed by atoms with van der Waals surface area (Å²) in [5.74, 6) is -0.0184. The van der Waals surface area contributed by atoms with Gasteiger partial charge >= 0.3 is 5.97 Å². The molecule has 1 saturated carbocycles. The Labute approximate surface area is 210 Å². The summed E-state index contributed by atoms with van der Waals surface area (Å²) < 4.78 is 25.0. The second-order valence-electron chi connectivity index (χ2n) is 10.1. The number of hydrogen-bond acceptors (Lipinski definition) is 6. The normalized spacial score (nSPS) is 22.2. The largest absolute Gasteiger partial charge is 0.488 e. The first-order valence-corrected chi connectivity index (χ1v) is 13.0. The number of nitrogens with one attached hydrogen (secondary N) is 1. The molecule has 3 N–H and O–H groups in total. The van der Waals surface area contributed by atoms with Gasteiger partial charge in [-0.3, -0.25) is 4.79 Å². The fourth-order valence-corrected chi connectivity index (χ4v) is 5.80. The zero-order valence-corrected chi connectivity index (χ0v) is 21.4. The third-order valence-electron chi connectivity index (χ3n) is 6.86. The van der Waals surface area contributed by atoms with E-state index < -0.39 is 18.0 Å². The number of carboxylic acid groups (broad SMARTS) is 1. The van der Waals surface area contributed by atoms with Crippen molar-refractivity contribution in [2.75, 3.05) is 18.9 Å². The van der Waals surface area contributed by atoms with Gasteiger partial charge in [-0.1, -0.05) is 12.1 Å². The molecule has 1 aliphatic heterocycles. The molecule has 0 aromatic heterocycles. The van der Waals surface area contributed by atoms with Gasteiger partial charge < -0.3 is 25.0 Å². The topological polar surface area (TPSA) is 88.0 Å². The first kappa shape index (κ1) is 25.9. The van der Waals surface area contributed by atoms with Crippen LogP contribution in [0.1, 0.15) is 55.9 Å². The number of hydrogen-bond donors (Lipinski definition) is 3. The predicted molar refractivity (Wildman–Crippen MR) is 134 cm³/mol. The molecule has 190 valence electrons. The zero-order valence-electron chi connectivity index (χ0n) is 20.6. The fourth-order valence-electron chi connectivity index (χ4n) is 4.62. The van der Waals surface area contributed by atoms with Crippen LogP contribution in [0.5, 0.6) is 5.75 Å². The number of thioether (sulfide) groups is 1. The first-order chi connectivity index (χ1) is 16.6. The van der Waals surface area contributed by atoms with Gasteiger partial charge in [0.1, 0.15) is 23.6 Å². The van der Waals surface area contributed by atoms with E-state index in [1.165, 1.54) is 12.1 Å². The lowest BCUT2D eigenvalue weighted by molar-refractivity contribution is -0.139. The van der Waals surface area contributed by atoms with E-state index in [1.54, 1.807) is 23.9 Å². The lowest BCUT2D eigenvalue weighted by Crippen LogP contribution is -2.44. The first-order valence-electron chi connectivity index (χ1n) is 12.0. The summed E-state index contributed by atoms with van der Waals surface area (Å²) >= 11 is 1.68. The number of halogens is 1. The van der Waals surface area contributed by atoms with Gasteiger partial charge in [0.15, 0.2) is 0 Å². The Morgan fingerprint density at radius 3 is 2.66 bits per heavy atom. The summed E-state index contributed by atoms with van der Waals surface area (Å²) in [5.41, 5.74) is 2.69. The van der Waals surface area contributed by atoms with Crippen LogP contribution in [0, 0.1) is 18.7 Å². The van der Waals surface area contributed by atoms with E-state index in [0.717, 1.165) is 39.5 Å². The molecule has 5 atom stereocenters. The van der Waals surface area contributed by atoms with Crippen LogP contribution in [0.3, 0.4) is 0 Å². The lowest BCUT2D eigenvalue weighted by Gasteiger charge is -2.28. The minimum Gasteiger partial charge on any atom is -0.488 e. The van der Waals surface area contributed by atoms with Gasteiger partial charge in [-0.25, -0.2) is 4.39 Å². The number of fused-ring (bicyclic) bond motifs is 3. The van der Waals surface area contributed by atoms with Gasteiger partial charge in [-0.2, -0.15) is 0 Å². The minimum absolute atomic E-state index is 0.122. The highest BCUT2D eigenvalue weighted by Gasteiger charge is 2.64. The number of aliphatic hydroxyl groups is 1. The monoisotopic (exact) mass is 503 g/mol. The lowest BCUT2D eigenvalue weighted by atomic mass is 9.95. The smallest absolute Gasteiger partial charge is 0.311 e. The van der Waals surface area contributed by atoms with Crippen LogP contribution in [0.4, 0.5) is 4.39 Å². The van der Waals surface area contributed by atoms with Crippen LogP contribution in [0.25, 0.3) is 0 Å². The quantitative estimate of drug-likeness (QED) is 0.363. The molecule has 2 aliphatic rings. The SMILES string of the molecule is Cc1ccc([C@@H](C)OCC(O)CNC(C)(C)CCSc2ccc(F)cc2)c2c1O[C@@H]1[C@@H](C(=O)O)[C@H]21. The van der Waals surface area contributed by atoms with Crippen LogP contribution >= 0.6 is 11.8 Å². The van der Waals surface area contributed by atoms with Gasteiger partial charge in [-0.15, -0.1) is 11.8 Å². The number of ether oxygens (including phenoxy) is 2. The summed E-state index contributed by atoms with van der Waals surface area (Å²) in [5, 5.41) is 23.4. The predicted octanol–water partition coefficient (Wildman–Crippen LogP) is 4.68. The summed E-state index contributed by atoms with van der Waals surface area (Å²) in [4.78, 5) is 12.5. The van der Waals surface area contributed by atoms with Gasteiger partial charge in [0.25, 0.3) is 0 Å². The third-order valence-corrected chi connectivity index (χ3v) is 7.87. The number of carbonyl (C=O) groups is 1. The average Bonchev–Trinajstić information content (AvgIpc) is 3.39. The van der Waals surface area contributed by atoms with Crippen molar-refractivity contribution in [2.45, 2.75) is 68.8 Å². The van der Waals surface area contributed by atoms with Crippen molar-refractivity contribution in [1.29, 1.82) is 0 Å². The molecule has 35 heavy (non-hydrogen) atoms. The summed E-state index contributed by atoms with van der Waals surface area (Å²) in [6.07, 6.45) is -0.386. The van der Waals surface area contributed by atoms with Gasteiger partial charge in [0.05, 0.1) is 18.8 Å². The van der Waals surface area contributed by atoms with Crippen molar-refractivity contribution in [3.8, 4) is 5.75 Å². The molecule has 1 unspecified atom stereocenters. The van der Waals surface area contributed by atoms with E-state index in [4.69, 9.17) is 9.47 Å². The summed E-state index contributed by atoms with van der Waals surface area (Å²) in [7, 11) is 0. The Bertz CT molecular complexity index is 1060. The van der Waals surface area contributed by atoms with Gasteiger partial charge in [0.2, 0.25) is 0 Å². The Kier molecular flexibility index (Phi) is 7.76. The Morgan fingerprint density at radius 1 is 1.26 bits per heavy atom. The van der Waals surface area contributed by atoms with Crippen LogP contribution in [0.2, 0.25) is 0 Å². The van der Waals surface area contributed by atoms with Crippen LogP contribution in [0.15, 0.2) is 41.3 Å². The molecule has 1 aliphatic carbocycles. The fraction of sp³-hybridized carbons (Fsp3) is 0.519. The second kappa shape index (κ2) is 10.5. The summed E-state index contributed by atoms with van der Waals surface area (Å²) in [6.45, 7) is 8.62. The highest BCUT2D eigenvalue weighted by atomic mass is 32.2. The maximum Gasteiger partial charge on any atom is 0.311 e. The third kappa shape index (κ3) is 6.00. The maximum atomic E-state index is 13.0. The molecule has 1 fully saturated rings. The van der Waals surface area contributed by atoms with E-state index in [2.05, 4.69) is 19.2 Å². The average molecular weight is 504 g/mol. The Balaban J connectivity index is 1.24. The number of benzene rings is 2. The number of aliphatic carboxylic acids is 1. The number of aliphatic hydroxyl groups excluding tert-OH is 1. The van der Waals surface area contributed by atoms with Crippen molar-refractivity contribution in [1.82, 2.24) is 5.32 Å². The Hall–Kier alpha value is -2.13. The van der Waals surface area contributed by atoms with Crippen molar-refractivity contribution in [2.24, 2.45) is 5.92 Å². The Morgan fingerprint density at radius 2 is 1.97 bits per heavy atom. The van der Waals surface area contributed by atoms with Crippen molar-refractivity contribution in [3.05, 3.63) is 58.9 Å². The molecule has 6 nitrogen and oxygen atoms in total. The molecule has 0 saturated heterocycles. The molecule has 2 aromatic carbocycles. The van der Waals surface area contributed by atoms with Crippen LogP contribution in [-0.4, -0.2) is 52.8 Å². The van der Waals surface area contributed by atoms with E-state index in [9.17, 15) is 19.4 Å². The maximum absolute atomic E-state index is 13.0. The van der Waals surface area contributed by atoms with E-state index in [0.29, 0.717) is 6.54 Å². The van der Waals surface area contributed by atoms with E-state index in [1.807, 2.05) is 26.0 Å². The second-order valence-corrected chi connectivity index (χ2v) is 11.3. The number of carboxylic acids is 1. The van der Waals surface area contributed by atoms with E-state index in [-0.39, 0.29) is 36.1 Å². The highest BCUT2D eigenvalue weighted by molar-refractivity contribution is 7.99.